The fourth-order valence-corrected chi connectivity index (χ4v) is 4.08. The van der Waals surface area contributed by atoms with Gasteiger partial charge in [-0.3, -0.25) is 4.90 Å². The van der Waals surface area contributed by atoms with Crippen molar-refractivity contribution in [1.29, 1.82) is 0 Å². The third-order valence-electron chi connectivity index (χ3n) is 3.70. The van der Waals surface area contributed by atoms with Crippen molar-refractivity contribution >= 4 is 23.8 Å². The molecule has 1 rings (SSSR count). The minimum absolute atomic E-state index is 0.0424. The Bertz CT molecular complexity index is 378. The first-order chi connectivity index (χ1) is 9.83. The zero-order valence-electron chi connectivity index (χ0n) is 13.6. The number of aliphatic carboxylic acids is 1. The summed E-state index contributed by atoms with van der Waals surface area (Å²) in [5.41, 5.74) is 0. The van der Waals surface area contributed by atoms with Gasteiger partial charge < -0.3 is 14.9 Å². The van der Waals surface area contributed by atoms with Gasteiger partial charge in [0.25, 0.3) is 0 Å². The molecule has 0 spiro atoms. The van der Waals surface area contributed by atoms with E-state index in [-0.39, 0.29) is 17.4 Å². The summed E-state index contributed by atoms with van der Waals surface area (Å²) in [4.78, 5) is 29.6. The van der Waals surface area contributed by atoms with Crippen LogP contribution in [-0.4, -0.2) is 82.2 Å². The van der Waals surface area contributed by atoms with Gasteiger partial charge in [0, 0.05) is 24.9 Å². The van der Waals surface area contributed by atoms with Crippen LogP contribution in [0.1, 0.15) is 27.2 Å². The first-order valence-electron chi connectivity index (χ1n) is 7.41. The number of carboxylic acids is 1. The second-order valence-electron chi connectivity index (χ2n) is 5.64. The highest BCUT2D eigenvalue weighted by Crippen LogP contribution is 2.32. The quantitative estimate of drug-likeness (QED) is 0.806. The zero-order chi connectivity index (χ0) is 16.2. The largest absolute Gasteiger partial charge is 0.480 e. The molecule has 1 fully saturated rings. The molecule has 0 aromatic rings. The van der Waals surface area contributed by atoms with Crippen LogP contribution in [0.25, 0.3) is 0 Å². The fourth-order valence-electron chi connectivity index (χ4n) is 2.74. The molecule has 3 unspecified atom stereocenters. The van der Waals surface area contributed by atoms with E-state index < -0.39 is 12.0 Å². The van der Waals surface area contributed by atoms with Gasteiger partial charge in [0.05, 0.1) is 5.37 Å². The van der Waals surface area contributed by atoms with E-state index in [1.54, 1.807) is 21.6 Å². The topological polar surface area (TPSA) is 64.1 Å². The van der Waals surface area contributed by atoms with E-state index in [0.29, 0.717) is 12.3 Å². The lowest BCUT2D eigenvalue weighted by Crippen LogP contribution is -2.55. The molecule has 6 nitrogen and oxygen atoms in total. The molecule has 7 heteroatoms. The summed E-state index contributed by atoms with van der Waals surface area (Å²) in [7, 11) is 3.94. The van der Waals surface area contributed by atoms with E-state index in [1.165, 1.54) is 0 Å². The van der Waals surface area contributed by atoms with Crippen molar-refractivity contribution in [3.63, 3.8) is 0 Å². The molecule has 1 heterocycles. The number of likely N-dealkylation sites (N-methyl/N-ethyl adjacent to an activating group) is 2. The lowest BCUT2D eigenvalue weighted by molar-refractivity contribution is -0.141. The number of carbonyl (C=O) groups is 2. The number of rotatable bonds is 6. The Hall–Kier alpha value is -0.950. The lowest BCUT2D eigenvalue weighted by Gasteiger charge is -2.36. The predicted octanol–water partition coefficient (Wildman–Crippen LogP) is 1.62. The molecule has 0 aliphatic carbocycles. The molecule has 3 atom stereocenters. The molecule has 1 N–H and O–H groups in total. The van der Waals surface area contributed by atoms with Gasteiger partial charge in [0.1, 0.15) is 6.04 Å². The number of urea groups is 1. The molecule has 1 aliphatic heterocycles. The highest BCUT2D eigenvalue weighted by atomic mass is 32.2. The summed E-state index contributed by atoms with van der Waals surface area (Å²) >= 11 is 1.56. The number of carbonyl (C=O) groups excluding carboxylic acids is 1. The minimum atomic E-state index is -0.914. The third kappa shape index (κ3) is 4.26. The number of hydrogen-bond donors (Lipinski definition) is 1. The normalized spacial score (nSPS) is 23.4. The average molecular weight is 317 g/mol. The van der Waals surface area contributed by atoms with Gasteiger partial charge in [-0.05, 0) is 34.4 Å². The number of hydrogen-bond acceptors (Lipinski definition) is 4. The van der Waals surface area contributed by atoms with Crippen molar-refractivity contribution in [3.8, 4) is 0 Å². The monoisotopic (exact) mass is 317 g/mol. The second kappa shape index (κ2) is 7.89. The molecule has 0 aromatic carbocycles. The summed E-state index contributed by atoms with van der Waals surface area (Å²) < 4.78 is 0. The predicted molar refractivity (Wildman–Crippen MR) is 85.6 cm³/mol. The van der Waals surface area contributed by atoms with E-state index in [9.17, 15) is 14.7 Å². The van der Waals surface area contributed by atoms with Crippen molar-refractivity contribution in [2.75, 3.05) is 32.9 Å². The summed E-state index contributed by atoms with van der Waals surface area (Å²) in [6.07, 6.45) is 0.764. The molecular formula is C14H27N3O3S. The van der Waals surface area contributed by atoms with Gasteiger partial charge in [-0.25, -0.2) is 9.59 Å². The van der Waals surface area contributed by atoms with Crippen LogP contribution in [-0.2, 0) is 4.79 Å². The SMILES string of the molecule is CCC1SCC(C(=O)O)N1C(=O)N(CC)C(C)CN(C)C. The summed E-state index contributed by atoms with van der Waals surface area (Å²) in [6.45, 7) is 7.26. The second-order valence-corrected chi connectivity index (χ2v) is 6.85. The van der Waals surface area contributed by atoms with E-state index >= 15 is 0 Å². The number of nitrogens with zero attached hydrogens (tertiary/aromatic N) is 3. The third-order valence-corrected chi connectivity index (χ3v) is 5.15. The standard InChI is InChI=1S/C14H27N3O3S/c1-6-12-17(11(9-21-12)13(18)19)14(20)16(7-2)10(3)8-15(4)5/h10-12H,6-9H2,1-5H3,(H,18,19). The van der Waals surface area contributed by atoms with Gasteiger partial charge in [0.15, 0.2) is 0 Å². The van der Waals surface area contributed by atoms with Gasteiger partial charge in [0.2, 0.25) is 0 Å². The maximum atomic E-state index is 12.8. The molecule has 2 amide bonds. The van der Waals surface area contributed by atoms with Crippen molar-refractivity contribution < 1.29 is 14.7 Å². The van der Waals surface area contributed by atoms with E-state index in [0.717, 1.165) is 13.0 Å². The van der Waals surface area contributed by atoms with E-state index in [4.69, 9.17) is 0 Å². The Labute approximate surface area is 131 Å². The molecule has 0 saturated carbocycles. The van der Waals surface area contributed by atoms with Crippen molar-refractivity contribution in [2.24, 2.45) is 0 Å². The number of carboxylic acid groups (broad SMARTS) is 1. The highest BCUT2D eigenvalue weighted by molar-refractivity contribution is 8.00. The Balaban J connectivity index is 2.92. The molecular weight excluding hydrogens is 290 g/mol. The van der Waals surface area contributed by atoms with Crippen LogP contribution in [0.3, 0.4) is 0 Å². The van der Waals surface area contributed by atoms with Gasteiger partial charge >= 0.3 is 12.0 Å². The first-order valence-corrected chi connectivity index (χ1v) is 8.46. The van der Waals surface area contributed by atoms with Crippen molar-refractivity contribution in [2.45, 2.75) is 44.6 Å². The van der Waals surface area contributed by atoms with E-state index in [2.05, 4.69) is 0 Å². The van der Waals surface area contributed by atoms with Crippen LogP contribution < -0.4 is 0 Å². The molecule has 0 radical (unpaired) electrons. The number of amides is 2. The van der Waals surface area contributed by atoms with Gasteiger partial charge in [-0.2, -0.15) is 0 Å². The van der Waals surface area contributed by atoms with Crippen LogP contribution in [0.4, 0.5) is 4.79 Å². The Morgan fingerprint density at radius 2 is 2.00 bits per heavy atom. The zero-order valence-corrected chi connectivity index (χ0v) is 14.4. The van der Waals surface area contributed by atoms with Gasteiger partial charge in [-0.1, -0.05) is 6.92 Å². The van der Waals surface area contributed by atoms with E-state index in [1.807, 2.05) is 39.8 Å². The summed E-state index contributed by atoms with van der Waals surface area (Å²) in [6, 6.07) is -0.820. The Morgan fingerprint density at radius 3 is 2.43 bits per heavy atom. The van der Waals surface area contributed by atoms with Crippen LogP contribution >= 0.6 is 11.8 Å². The minimum Gasteiger partial charge on any atom is -0.480 e. The van der Waals surface area contributed by atoms with Crippen molar-refractivity contribution in [1.82, 2.24) is 14.7 Å². The smallest absolute Gasteiger partial charge is 0.327 e. The lowest BCUT2D eigenvalue weighted by atomic mass is 10.2. The average Bonchev–Trinajstić information content (AvgIpc) is 2.82. The van der Waals surface area contributed by atoms with Crippen LogP contribution in [0, 0.1) is 0 Å². The Morgan fingerprint density at radius 1 is 1.38 bits per heavy atom. The maximum absolute atomic E-state index is 12.8. The van der Waals surface area contributed by atoms with Crippen molar-refractivity contribution in [3.05, 3.63) is 0 Å². The molecule has 21 heavy (non-hydrogen) atoms. The molecule has 1 saturated heterocycles. The maximum Gasteiger partial charge on any atom is 0.327 e. The van der Waals surface area contributed by atoms with Gasteiger partial charge in [-0.15, -0.1) is 11.8 Å². The number of thioether (sulfide) groups is 1. The molecule has 0 bridgehead atoms. The Kier molecular flexibility index (Phi) is 6.80. The van der Waals surface area contributed by atoms with Crippen LogP contribution in [0.15, 0.2) is 0 Å². The molecule has 1 aliphatic rings. The summed E-state index contributed by atoms with van der Waals surface area (Å²) in [5.74, 6) is -0.442. The molecule has 122 valence electrons. The van der Waals surface area contributed by atoms with Crippen LogP contribution in [0.5, 0.6) is 0 Å². The molecule has 0 aromatic heterocycles. The highest BCUT2D eigenvalue weighted by Gasteiger charge is 2.42. The summed E-state index contributed by atoms with van der Waals surface area (Å²) in [5, 5.41) is 9.31. The van der Waals surface area contributed by atoms with Crippen LogP contribution in [0.2, 0.25) is 0 Å². The first kappa shape index (κ1) is 18.1. The fraction of sp³-hybridized carbons (Fsp3) is 0.857.